The molecule has 0 unspecified atom stereocenters. The molecule has 0 saturated heterocycles. The van der Waals surface area contributed by atoms with E-state index in [9.17, 15) is 30.0 Å². The van der Waals surface area contributed by atoms with E-state index < -0.39 is 35.0 Å². The van der Waals surface area contributed by atoms with E-state index in [1.807, 2.05) is 6.92 Å². The molecular weight excluding hydrogens is 580 g/mol. The zero-order chi connectivity index (χ0) is 33.5. The van der Waals surface area contributed by atoms with Crippen LogP contribution in [-0.4, -0.2) is 51.2 Å². The SMILES string of the molecule is CC1(C)CC[C@]2(C(=O)O)CC[C@]3(C)C(=CC[C@@H]4[C@@]5(C)C[C@@H](O)[C@@H](O)[C@@](C)(COC(=O)/C=C\c6ccc(O)cc6)[C@@H]5CC[C@]43C)[C@H]2C1. The number of carboxylic acids is 1. The lowest BCUT2D eigenvalue weighted by Gasteiger charge is -2.71. The Morgan fingerprint density at radius 1 is 0.913 bits per heavy atom. The molecule has 1 aromatic carbocycles. The lowest BCUT2D eigenvalue weighted by molar-refractivity contribution is -0.245. The highest BCUT2D eigenvalue weighted by atomic mass is 16.5. The number of ether oxygens (including phenoxy) is 1. The first-order valence-electron chi connectivity index (χ1n) is 17.4. The van der Waals surface area contributed by atoms with E-state index in [1.165, 1.54) is 11.6 Å². The summed E-state index contributed by atoms with van der Waals surface area (Å²) >= 11 is 0. The lowest BCUT2D eigenvalue weighted by Crippen LogP contribution is -2.68. The first-order chi connectivity index (χ1) is 21.4. The summed E-state index contributed by atoms with van der Waals surface area (Å²) in [5.74, 6) is -0.702. The maximum absolute atomic E-state index is 12.9. The standard InChI is InChI=1S/C39H54O7/c1-34(2)17-19-39(33(44)45)20-18-37(5)26(27(39)21-34)12-13-30-35(3)22-28(41)32(43)36(4,29(35)15-16-38(30,37)6)23-46-31(42)14-9-24-7-10-25(40)11-8-24/h7-12,14,27-30,32,40-41,43H,13,15-23H2,1-6H3,(H,44,45)/b14-9-/t27-,28-,29-,30-,32-,35+,36+,37-,38-,39+/m1/s1. The molecule has 0 aliphatic heterocycles. The molecule has 4 fully saturated rings. The summed E-state index contributed by atoms with van der Waals surface area (Å²) in [4.78, 5) is 25.8. The minimum atomic E-state index is -1.02. The van der Waals surface area contributed by atoms with E-state index >= 15 is 0 Å². The minimum absolute atomic E-state index is 0.00428. The number of aliphatic hydroxyl groups excluding tert-OH is 2. The molecule has 252 valence electrons. The van der Waals surface area contributed by atoms with Crippen molar-refractivity contribution < 1.29 is 34.8 Å². The van der Waals surface area contributed by atoms with Crippen LogP contribution in [0.15, 0.2) is 42.0 Å². The number of esters is 1. The van der Waals surface area contributed by atoms with E-state index in [0.29, 0.717) is 12.8 Å². The zero-order valence-electron chi connectivity index (χ0n) is 28.5. The molecule has 0 amide bonds. The Hall–Kier alpha value is -2.64. The highest BCUT2D eigenvalue weighted by Crippen LogP contribution is 2.75. The summed E-state index contributed by atoms with van der Waals surface area (Å²) in [7, 11) is 0. The van der Waals surface area contributed by atoms with Crippen LogP contribution in [0.25, 0.3) is 6.08 Å². The van der Waals surface area contributed by atoms with Crippen molar-refractivity contribution in [3.63, 3.8) is 0 Å². The number of carboxylic acid groups (broad SMARTS) is 1. The number of phenols is 1. The van der Waals surface area contributed by atoms with Gasteiger partial charge < -0.3 is 25.2 Å². The molecule has 0 radical (unpaired) electrons. The molecule has 4 N–H and O–H groups in total. The fourth-order valence-corrected chi connectivity index (χ4v) is 11.8. The second-order valence-electron chi connectivity index (χ2n) is 17.4. The lowest BCUT2D eigenvalue weighted by atomic mass is 9.33. The van der Waals surface area contributed by atoms with Crippen molar-refractivity contribution in [2.45, 2.75) is 112 Å². The van der Waals surface area contributed by atoms with Crippen LogP contribution in [0.3, 0.4) is 0 Å². The van der Waals surface area contributed by atoms with Crippen LogP contribution in [0, 0.1) is 50.2 Å². The van der Waals surface area contributed by atoms with Gasteiger partial charge in [-0.3, -0.25) is 4.79 Å². The van der Waals surface area contributed by atoms with Gasteiger partial charge in [0, 0.05) is 11.5 Å². The minimum Gasteiger partial charge on any atom is -0.508 e. The highest BCUT2D eigenvalue weighted by Gasteiger charge is 2.70. The number of aliphatic carboxylic acids is 1. The Morgan fingerprint density at radius 3 is 2.26 bits per heavy atom. The van der Waals surface area contributed by atoms with Gasteiger partial charge in [0.1, 0.15) is 5.75 Å². The van der Waals surface area contributed by atoms with Gasteiger partial charge in [-0.2, -0.15) is 0 Å². The molecule has 46 heavy (non-hydrogen) atoms. The number of aromatic hydroxyl groups is 1. The smallest absolute Gasteiger partial charge is 0.330 e. The van der Waals surface area contributed by atoms with Gasteiger partial charge in [0.2, 0.25) is 0 Å². The summed E-state index contributed by atoms with van der Waals surface area (Å²) in [6.07, 6.45) is 10.7. The van der Waals surface area contributed by atoms with Crippen LogP contribution in [0.5, 0.6) is 5.75 Å². The number of phenolic OH excluding ortho intramolecular Hbond substituents is 1. The quantitative estimate of drug-likeness (QED) is 0.154. The molecule has 5 aliphatic rings. The van der Waals surface area contributed by atoms with Crippen LogP contribution < -0.4 is 0 Å². The Kier molecular flexibility index (Phi) is 7.92. The molecule has 0 heterocycles. The van der Waals surface area contributed by atoms with Crippen molar-refractivity contribution in [1.82, 2.24) is 0 Å². The maximum atomic E-state index is 12.9. The summed E-state index contributed by atoms with van der Waals surface area (Å²) in [5.41, 5.74) is 0.147. The predicted octanol–water partition coefficient (Wildman–Crippen LogP) is 7.15. The van der Waals surface area contributed by atoms with Crippen LogP contribution in [-0.2, 0) is 14.3 Å². The Balaban J connectivity index is 1.30. The summed E-state index contributed by atoms with van der Waals surface area (Å²) in [6, 6.07) is 6.53. The third-order valence-electron chi connectivity index (χ3n) is 14.6. The van der Waals surface area contributed by atoms with E-state index in [1.54, 1.807) is 30.3 Å². The van der Waals surface area contributed by atoms with Crippen molar-refractivity contribution in [3.8, 4) is 5.75 Å². The van der Waals surface area contributed by atoms with Crippen molar-refractivity contribution in [2.24, 2.45) is 50.2 Å². The molecule has 0 bridgehead atoms. The average molecular weight is 635 g/mol. The normalized spacial score (nSPS) is 44.6. The molecule has 5 aliphatic carbocycles. The molecule has 4 saturated carbocycles. The maximum Gasteiger partial charge on any atom is 0.330 e. The number of hydrogen-bond donors (Lipinski definition) is 4. The van der Waals surface area contributed by atoms with Gasteiger partial charge in [-0.1, -0.05) is 65.3 Å². The van der Waals surface area contributed by atoms with E-state index in [-0.39, 0.29) is 51.8 Å². The number of carbonyl (C=O) groups excluding carboxylic acids is 1. The fourth-order valence-electron chi connectivity index (χ4n) is 11.8. The number of aliphatic hydroxyl groups is 2. The van der Waals surface area contributed by atoms with Crippen LogP contribution in [0.2, 0.25) is 0 Å². The van der Waals surface area contributed by atoms with Gasteiger partial charge in [-0.25, -0.2) is 4.79 Å². The second kappa shape index (κ2) is 10.9. The van der Waals surface area contributed by atoms with Gasteiger partial charge in [0.25, 0.3) is 0 Å². The van der Waals surface area contributed by atoms with Crippen molar-refractivity contribution in [3.05, 3.63) is 47.6 Å². The molecule has 7 nitrogen and oxygen atoms in total. The van der Waals surface area contributed by atoms with E-state index in [4.69, 9.17) is 4.74 Å². The molecule has 0 spiro atoms. The zero-order valence-corrected chi connectivity index (χ0v) is 28.5. The van der Waals surface area contributed by atoms with Crippen LogP contribution in [0.1, 0.15) is 105 Å². The predicted molar refractivity (Wildman–Crippen MR) is 176 cm³/mol. The topological polar surface area (TPSA) is 124 Å². The molecule has 0 aromatic heterocycles. The summed E-state index contributed by atoms with van der Waals surface area (Å²) in [5, 5.41) is 43.1. The van der Waals surface area contributed by atoms with E-state index in [0.717, 1.165) is 50.5 Å². The number of benzene rings is 1. The highest BCUT2D eigenvalue weighted by molar-refractivity contribution is 5.87. The van der Waals surface area contributed by atoms with E-state index in [2.05, 4.69) is 40.7 Å². The van der Waals surface area contributed by atoms with Gasteiger partial charge in [-0.05, 0) is 121 Å². The Morgan fingerprint density at radius 2 is 1.59 bits per heavy atom. The summed E-state index contributed by atoms with van der Waals surface area (Å²) < 4.78 is 5.81. The van der Waals surface area contributed by atoms with Gasteiger partial charge in [0.15, 0.2) is 0 Å². The Labute approximate surface area is 274 Å². The largest absolute Gasteiger partial charge is 0.508 e. The number of carbonyl (C=O) groups is 2. The number of hydrogen-bond acceptors (Lipinski definition) is 6. The Bertz CT molecular complexity index is 1440. The fraction of sp³-hybridized carbons (Fsp3) is 0.692. The van der Waals surface area contributed by atoms with Gasteiger partial charge in [0.05, 0.1) is 24.2 Å². The van der Waals surface area contributed by atoms with Crippen LogP contribution >= 0.6 is 0 Å². The first kappa shape index (κ1) is 33.3. The number of rotatable bonds is 5. The number of fused-ring (bicyclic) bond motifs is 7. The second-order valence-corrected chi connectivity index (χ2v) is 17.4. The van der Waals surface area contributed by atoms with Gasteiger partial charge >= 0.3 is 11.9 Å². The third kappa shape index (κ3) is 4.81. The first-order valence-corrected chi connectivity index (χ1v) is 17.4. The van der Waals surface area contributed by atoms with Crippen LogP contribution in [0.4, 0.5) is 0 Å². The molecule has 10 atom stereocenters. The van der Waals surface area contributed by atoms with Crippen molar-refractivity contribution in [2.75, 3.05) is 6.61 Å². The molecular formula is C39H54O7. The number of allylic oxidation sites excluding steroid dienone is 2. The molecule has 1 aromatic rings. The molecule has 6 rings (SSSR count). The monoisotopic (exact) mass is 634 g/mol. The van der Waals surface area contributed by atoms with Gasteiger partial charge in [-0.15, -0.1) is 0 Å². The van der Waals surface area contributed by atoms with Crippen molar-refractivity contribution >= 4 is 18.0 Å². The summed E-state index contributed by atoms with van der Waals surface area (Å²) in [6.45, 7) is 13.7. The third-order valence-corrected chi connectivity index (χ3v) is 14.6. The van der Waals surface area contributed by atoms with Crippen molar-refractivity contribution in [1.29, 1.82) is 0 Å². The average Bonchev–Trinajstić information content (AvgIpc) is 2.98. The molecule has 7 heteroatoms.